The molecule has 0 bridgehead atoms. The number of benzene rings is 2. The largest absolute Gasteiger partial charge is 0.493 e. The van der Waals surface area contributed by atoms with Crippen LogP contribution in [0, 0.1) is 0 Å². The van der Waals surface area contributed by atoms with Crippen molar-refractivity contribution in [2.75, 3.05) is 38.8 Å². The number of fused-ring (bicyclic) bond motifs is 1. The molecular formula is C25H28N2O4S. The lowest BCUT2D eigenvalue weighted by Gasteiger charge is -2.29. The van der Waals surface area contributed by atoms with Gasteiger partial charge in [-0.15, -0.1) is 0 Å². The van der Waals surface area contributed by atoms with Gasteiger partial charge >= 0.3 is 0 Å². The van der Waals surface area contributed by atoms with Crippen LogP contribution in [-0.2, 0) is 4.79 Å². The summed E-state index contributed by atoms with van der Waals surface area (Å²) >= 11 is 1.42. The molecule has 2 aromatic rings. The molecule has 7 heteroatoms. The summed E-state index contributed by atoms with van der Waals surface area (Å²) in [5.41, 5.74) is 2.26. The first-order valence-corrected chi connectivity index (χ1v) is 11.7. The van der Waals surface area contributed by atoms with Crippen LogP contribution in [0.25, 0.3) is 6.08 Å². The first kappa shape index (κ1) is 22.3. The van der Waals surface area contributed by atoms with Crippen molar-refractivity contribution in [3.8, 4) is 11.5 Å². The normalized spacial score (nSPS) is 17.3. The molecule has 2 aromatic carbocycles. The summed E-state index contributed by atoms with van der Waals surface area (Å²) in [7, 11) is 3.35. The Balaban J connectivity index is 1.60. The lowest BCUT2D eigenvalue weighted by Crippen LogP contribution is -2.36. The molecule has 2 aliphatic heterocycles. The number of hydrogen-bond acceptors (Lipinski definition) is 5. The van der Waals surface area contributed by atoms with E-state index in [4.69, 9.17) is 9.47 Å². The average Bonchev–Trinajstić information content (AvgIpc) is 2.83. The minimum atomic E-state index is -0.0991. The van der Waals surface area contributed by atoms with Crippen LogP contribution in [0.4, 0.5) is 5.69 Å². The number of carbonyl (C=O) groups is 2. The van der Waals surface area contributed by atoms with E-state index >= 15 is 0 Å². The highest BCUT2D eigenvalue weighted by Crippen LogP contribution is 2.42. The molecular weight excluding hydrogens is 424 g/mol. The minimum Gasteiger partial charge on any atom is -0.493 e. The van der Waals surface area contributed by atoms with E-state index in [1.807, 2.05) is 54.3 Å². The van der Waals surface area contributed by atoms with E-state index in [0.29, 0.717) is 28.6 Å². The number of piperidine rings is 1. The van der Waals surface area contributed by atoms with Crippen molar-refractivity contribution in [1.29, 1.82) is 0 Å². The third-order valence-electron chi connectivity index (χ3n) is 5.73. The molecule has 32 heavy (non-hydrogen) atoms. The maximum Gasteiger partial charge on any atom is 0.264 e. The van der Waals surface area contributed by atoms with Crippen molar-refractivity contribution < 1.29 is 19.1 Å². The van der Waals surface area contributed by atoms with Crippen molar-refractivity contribution in [1.82, 2.24) is 4.90 Å². The second-order valence-corrected chi connectivity index (χ2v) is 8.94. The van der Waals surface area contributed by atoms with Gasteiger partial charge in [0.1, 0.15) is 0 Å². The number of hydrogen-bond donors (Lipinski definition) is 0. The summed E-state index contributed by atoms with van der Waals surface area (Å²) in [6.07, 6.45) is 5.14. The van der Waals surface area contributed by atoms with Crippen LogP contribution in [0.2, 0.25) is 0 Å². The van der Waals surface area contributed by atoms with E-state index in [-0.39, 0.29) is 11.8 Å². The highest BCUT2D eigenvalue weighted by molar-refractivity contribution is 8.04. The Labute approximate surface area is 193 Å². The Bertz CT molecular complexity index is 1060. The predicted molar refractivity (Wildman–Crippen MR) is 128 cm³/mol. The van der Waals surface area contributed by atoms with E-state index < -0.39 is 0 Å². The van der Waals surface area contributed by atoms with Crippen LogP contribution in [0.15, 0.2) is 46.2 Å². The van der Waals surface area contributed by atoms with Crippen molar-refractivity contribution in [3.05, 3.63) is 52.4 Å². The zero-order valence-electron chi connectivity index (χ0n) is 18.7. The van der Waals surface area contributed by atoms with Crippen LogP contribution in [0.3, 0.4) is 0 Å². The van der Waals surface area contributed by atoms with Gasteiger partial charge in [-0.1, -0.05) is 17.8 Å². The lowest BCUT2D eigenvalue weighted by molar-refractivity contribution is -0.114. The average molecular weight is 453 g/mol. The van der Waals surface area contributed by atoms with Crippen LogP contribution in [-0.4, -0.2) is 50.6 Å². The van der Waals surface area contributed by atoms with Crippen molar-refractivity contribution in [2.45, 2.75) is 31.1 Å². The van der Waals surface area contributed by atoms with E-state index in [0.717, 1.165) is 42.1 Å². The number of likely N-dealkylation sites (tertiary alicyclic amines) is 1. The molecule has 6 nitrogen and oxygen atoms in total. The lowest BCUT2D eigenvalue weighted by atomic mass is 10.1. The van der Waals surface area contributed by atoms with Crippen LogP contribution >= 0.6 is 11.8 Å². The molecule has 0 unspecified atom stereocenters. The van der Waals surface area contributed by atoms with E-state index in [1.54, 1.807) is 19.1 Å². The van der Waals surface area contributed by atoms with Gasteiger partial charge in [0.2, 0.25) is 0 Å². The third-order valence-corrected chi connectivity index (χ3v) is 6.81. The number of nitrogens with zero attached hydrogens (tertiary/aromatic N) is 2. The molecule has 2 heterocycles. The number of rotatable bonds is 5. The Morgan fingerprint density at radius 3 is 2.59 bits per heavy atom. The monoisotopic (exact) mass is 452 g/mol. The molecule has 0 atom stereocenters. The molecule has 0 aliphatic carbocycles. The standard InChI is InChI=1S/C25H28N2O4S/c1-4-31-20-10-8-17(14-21(20)30-3)15-23-25(29)26(2)19-16-18(9-11-22(19)32-23)24(28)27-12-6-5-7-13-27/h8-11,14-16H,4-7,12-13H2,1-3H3/b23-15+. The molecule has 0 aromatic heterocycles. The summed E-state index contributed by atoms with van der Waals surface area (Å²) in [5.74, 6) is 1.25. The highest BCUT2D eigenvalue weighted by Gasteiger charge is 2.28. The van der Waals surface area contributed by atoms with E-state index in [1.165, 1.54) is 18.2 Å². The number of anilines is 1. The van der Waals surface area contributed by atoms with Crippen LogP contribution in [0.1, 0.15) is 42.1 Å². The van der Waals surface area contributed by atoms with Gasteiger partial charge in [0.15, 0.2) is 11.5 Å². The van der Waals surface area contributed by atoms with Crippen molar-refractivity contribution in [2.24, 2.45) is 0 Å². The molecule has 0 spiro atoms. The van der Waals surface area contributed by atoms with Gasteiger partial charge in [0.05, 0.1) is 24.3 Å². The zero-order chi connectivity index (χ0) is 22.7. The third kappa shape index (κ3) is 4.48. The molecule has 1 fully saturated rings. The molecule has 0 radical (unpaired) electrons. The van der Waals surface area contributed by atoms with Crippen LogP contribution in [0.5, 0.6) is 11.5 Å². The van der Waals surface area contributed by atoms with Crippen LogP contribution < -0.4 is 14.4 Å². The summed E-state index contributed by atoms with van der Waals surface area (Å²) in [6.45, 7) is 4.08. The Morgan fingerprint density at radius 1 is 1.09 bits per heavy atom. The molecule has 1 saturated heterocycles. The molecule has 168 valence electrons. The molecule has 4 rings (SSSR count). The number of carbonyl (C=O) groups excluding carboxylic acids is 2. The quantitative estimate of drug-likeness (QED) is 0.608. The zero-order valence-corrected chi connectivity index (χ0v) is 19.5. The Hall–Kier alpha value is -2.93. The van der Waals surface area contributed by atoms with Gasteiger partial charge in [-0.2, -0.15) is 0 Å². The summed E-state index contributed by atoms with van der Waals surface area (Å²) < 4.78 is 11.0. The minimum absolute atomic E-state index is 0.0428. The summed E-state index contributed by atoms with van der Waals surface area (Å²) in [4.78, 5) is 31.1. The Morgan fingerprint density at radius 2 is 1.88 bits per heavy atom. The fraction of sp³-hybridized carbons (Fsp3) is 0.360. The maximum absolute atomic E-state index is 13.1. The van der Waals surface area contributed by atoms with Gasteiger partial charge in [-0.05, 0) is 68.2 Å². The first-order valence-electron chi connectivity index (χ1n) is 10.9. The molecule has 0 saturated carbocycles. The van der Waals surface area contributed by atoms with Gasteiger partial charge in [0.25, 0.3) is 11.8 Å². The van der Waals surface area contributed by atoms with Crippen molar-refractivity contribution in [3.63, 3.8) is 0 Å². The molecule has 2 amide bonds. The molecule has 2 aliphatic rings. The summed E-state index contributed by atoms with van der Waals surface area (Å²) in [5, 5.41) is 0. The second kappa shape index (κ2) is 9.69. The summed E-state index contributed by atoms with van der Waals surface area (Å²) in [6, 6.07) is 11.3. The number of likely N-dealkylation sites (N-methyl/N-ethyl adjacent to an activating group) is 1. The van der Waals surface area contributed by atoms with Gasteiger partial charge < -0.3 is 19.3 Å². The smallest absolute Gasteiger partial charge is 0.264 e. The van der Waals surface area contributed by atoms with Crippen molar-refractivity contribution >= 4 is 35.3 Å². The molecule has 0 N–H and O–H groups in total. The maximum atomic E-state index is 13.1. The number of thioether (sulfide) groups is 1. The van der Waals surface area contributed by atoms with E-state index in [2.05, 4.69) is 0 Å². The highest BCUT2D eigenvalue weighted by atomic mass is 32.2. The topological polar surface area (TPSA) is 59.1 Å². The first-order chi connectivity index (χ1) is 15.5. The SMILES string of the molecule is CCOc1ccc(/C=C2/Sc3ccc(C(=O)N4CCCCC4)cc3N(C)C2=O)cc1OC. The van der Waals surface area contributed by atoms with Gasteiger partial charge in [0, 0.05) is 30.6 Å². The fourth-order valence-corrected chi connectivity index (χ4v) is 5.10. The second-order valence-electron chi connectivity index (χ2n) is 7.85. The van der Waals surface area contributed by atoms with Gasteiger partial charge in [-0.3, -0.25) is 9.59 Å². The van der Waals surface area contributed by atoms with Gasteiger partial charge in [-0.25, -0.2) is 0 Å². The Kier molecular flexibility index (Phi) is 6.74. The predicted octanol–water partition coefficient (Wildman–Crippen LogP) is 4.83. The fourth-order valence-electron chi connectivity index (χ4n) is 4.01. The number of methoxy groups -OCH3 is 1. The number of amides is 2. The van der Waals surface area contributed by atoms with E-state index in [9.17, 15) is 9.59 Å². The number of ether oxygens (including phenoxy) is 2.